The summed E-state index contributed by atoms with van der Waals surface area (Å²) in [7, 11) is 0. The van der Waals surface area contributed by atoms with Crippen molar-refractivity contribution in [3.05, 3.63) is 55.8 Å². The number of fused-ring (bicyclic) bond motifs is 1. The lowest BCUT2D eigenvalue weighted by Gasteiger charge is -2.12. The summed E-state index contributed by atoms with van der Waals surface area (Å²) in [6, 6.07) is 10.1. The van der Waals surface area contributed by atoms with E-state index in [1.807, 2.05) is 31.3 Å². The van der Waals surface area contributed by atoms with Gasteiger partial charge in [0, 0.05) is 23.0 Å². The normalized spacial score (nSPS) is 10.9. The summed E-state index contributed by atoms with van der Waals surface area (Å²) < 4.78 is 1.14. The van der Waals surface area contributed by atoms with Gasteiger partial charge in [-0.2, -0.15) is 0 Å². The number of halogens is 2. The second-order valence-corrected chi connectivity index (χ2v) is 7.46. The van der Waals surface area contributed by atoms with Crippen LogP contribution in [0.5, 0.6) is 0 Å². The Bertz CT molecular complexity index is 770. The summed E-state index contributed by atoms with van der Waals surface area (Å²) >= 11 is 11.6. The third-order valence-corrected chi connectivity index (χ3v) is 5.02. The summed E-state index contributed by atoms with van der Waals surface area (Å²) in [4.78, 5) is 5.69. The number of hydrogen-bond acceptors (Lipinski definition) is 3. The van der Waals surface area contributed by atoms with E-state index in [-0.39, 0.29) is 0 Å². The number of thiophene rings is 1. The molecule has 0 aliphatic rings. The van der Waals surface area contributed by atoms with E-state index in [1.165, 1.54) is 4.88 Å². The molecule has 0 fully saturated rings. The zero-order valence-electron chi connectivity index (χ0n) is 10.8. The van der Waals surface area contributed by atoms with Crippen LogP contribution in [0.1, 0.15) is 10.4 Å². The van der Waals surface area contributed by atoms with Crippen molar-refractivity contribution in [2.24, 2.45) is 0 Å². The summed E-state index contributed by atoms with van der Waals surface area (Å²) in [5.41, 5.74) is 3.03. The molecule has 102 valence electrons. The van der Waals surface area contributed by atoms with Gasteiger partial charge in [-0.25, -0.2) is 0 Å². The molecule has 1 N–H and O–H groups in total. The highest BCUT2D eigenvalue weighted by Gasteiger charge is 2.09. The average Bonchev–Trinajstić information content (AvgIpc) is 2.84. The maximum absolute atomic E-state index is 6.38. The standard InChI is InChI=1S/C15H12BrClN2S/c1-9-7-12(17)15(11-3-2-6-18-14(9)11)19-8-10-4-5-13(16)20-10/h2-7,19H,8H2,1H3. The zero-order chi connectivity index (χ0) is 14.1. The number of aryl methyl sites for hydroxylation is 1. The van der Waals surface area contributed by atoms with Crippen LogP contribution in [0.25, 0.3) is 10.9 Å². The van der Waals surface area contributed by atoms with Crippen LogP contribution in [0.2, 0.25) is 5.02 Å². The van der Waals surface area contributed by atoms with Gasteiger partial charge in [-0.05, 0) is 58.7 Å². The molecule has 0 amide bonds. The number of hydrogen-bond donors (Lipinski definition) is 1. The minimum atomic E-state index is 0.735. The highest BCUT2D eigenvalue weighted by Crippen LogP contribution is 2.33. The first-order chi connectivity index (χ1) is 9.65. The Morgan fingerprint density at radius 2 is 2.20 bits per heavy atom. The number of rotatable bonds is 3. The molecule has 3 aromatic rings. The predicted molar refractivity (Wildman–Crippen MR) is 90.8 cm³/mol. The van der Waals surface area contributed by atoms with Crippen LogP contribution in [-0.4, -0.2) is 4.98 Å². The van der Waals surface area contributed by atoms with Crippen molar-refractivity contribution in [3.63, 3.8) is 0 Å². The molecule has 0 atom stereocenters. The number of benzene rings is 1. The van der Waals surface area contributed by atoms with Crippen LogP contribution in [0.3, 0.4) is 0 Å². The molecule has 0 radical (unpaired) electrons. The highest BCUT2D eigenvalue weighted by atomic mass is 79.9. The molecule has 2 aromatic heterocycles. The van der Waals surface area contributed by atoms with Crippen molar-refractivity contribution in [2.45, 2.75) is 13.5 Å². The van der Waals surface area contributed by atoms with Gasteiger partial charge in [-0.3, -0.25) is 4.98 Å². The molecule has 2 heterocycles. The Labute approximate surface area is 134 Å². The predicted octanol–water partition coefficient (Wildman–Crippen LogP) is 5.63. The van der Waals surface area contributed by atoms with Crippen LogP contribution in [0, 0.1) is 6.92 Å². The van der Waals surface area contributed by atoms with Gasteiger partial charge < -0.3 is 5.32 Å². The molecule has 1 aromatic carbocycles. The number of nitrogens with zero attached hydrogens (tertiary/aromatic N) is 1. The largest absolute Gasteiger partial charge is 0.378 e. The summed E-state index contributed by atoms with van der Waals surface area (Å²) in [5.74, 6) is 0. The van der Waals surface area contributed by atoms with Gasteiger partial charge in [0.2, 0.25) is 0 Å². The van der Waals surface area contributed by atoms with E-state index in [4.69, 9.17) is 11.6 Å². The topological polar surface area (TPSA) is 24.9 Å². The molecular formula is C15H12BrClN2S. The van der Waals surface area contributed by atoms with E-state index in [0.29, 0.717) is 0 Å². The van der Waals surface area contributed by atoms with Crippen LogP contribution in [0.4, 0.5) is 5.69 Å². The van der Waals surface area contributed by atoms with Crippen molar-refractivity contribution in [2.75, 3.05) is 5.32 Å². The van der Waals surface area contributed by atoms with Crippen molar-refractivity contribution >= 4 is 55.5 Å². The van der Waals surface area contributed by atoms with Gasteiger partial charge in [-0.15, -0.1) is 11.3 Å². The van der Waals surface area contributed by atoms with E-state index < -0.39 is 0 Å². The van der Waals surface area contributed by atoms with Crippen LogP contribution in [0.15, 0.2) is 40.3 Å². The molecule has 0 bridgehead atoms. The Hall–Kier alpha value is -1.10. The first-order valence-corrected chi connectivity index (χ1v) is 8.16. The van der Waals surface area contributed by atoms with E-state index in [2.05, 4.69) is 38.4 Å². The maximum atomic E-state index is 6.38. The minimum Gasteiger partial charge on any atom is -0.378 e. The third kappa shape index (κ3) is 2.68. The molecule has 0 aliphatic heterocycles. The molecule has 0 saturated heterocycles. The van der Waals surface area contributed by atoms with E-state index >= 15 is 0 Å². The molecule has 2 nitrogen and oxygen atoms in total. The second-order valence-electron chi connectivity index (χ2n) is 4.51. The Balaban J connectivity index is 1.98. The molecule has 0 saturated carbocycles. The molecule has 3 rings (SSSR count). The van der Waals surface area contributed by atoms with Crippen molar-refractivity contribution in [1.82, 2.24) is 4.98 Å². The number of aromatic nitrogens is 1. The summed E-state index contributed by atoms with van der Waals surface area (Å²) in [6.07, 6.45) is 1.81. The Morgan fingerprint density at radius 1 is 1.35 bits per heavy atom. The molecule has 20 heavy (non-hydrogen) atoms. The van der Waals surface area contributed by atoms with Crippen LogP contribution >= 0.6 is 38.9 Å². The lowest BCUT2D eigenvalue weighted by atomic mass is 10.1. The minimum absolute atomic E-state index is 0.735. The second kappa shape index (κ2) is 5.72. The first-order valence-electron chi connectivity index (χ1n) is 6.17. The fraction of sp³-hybridized carbons (Fsp3) is 0.133. The fourth-order valence-electron chi connectivity index (χ4n) is 2.18. The highest BCUT2D eigenvalue weighted by molar-refractivity contribution is 9.11. The van der Waals surface area contributed by atoms with Crippen LogP contribution in [-0.2, 0) is 6.54 Å². The molecular weight excluding hydrogens is 356 g/mol. The van der Waals surface area contributed by atoms with E-state index in [1.54, 1.807) is 11.3 Å². The fourth-order valence-corrected chi connectivity index (χ4v) is 3.94. The van der Waals surface area contributed by atoms with Crippen molar-refractivity contribution in [1.29, 1.82) is 0 Å². The number of nitrogens with one attached hydrogen (secondary N) is 1. The average molecular weight is 368 g/mol. The molecule has 0 aliphatic carbocycles. The monoisotopic (exact) mass is 366 g/mol. The SMILES string of the molecule is Cc1cc(Cl)c(NCc2ccc(Br)s2)c2cccnc12. The van der Waals surface area contributed by atoms with E-state index in [0.717, 1.165) is 37.5 Å². The smallest absolute Gasteiger partial charge is 0.0752 e. The lowest BCUT2D eigenvalue weighted by Crippen LogP contribution is -2.00. The van der Waals surface area contributed by atoms with Gasteiger partial charge in [0.1, 0.15) is 0 Å². The maximum Gasteiger partial charge on any atom is 0.0752 e. The van der Waals surface area contributed by atoms with Crippen molar-refractivity contribution in [3.8, 4) is 0 Å². The van der Waals surface area contributed by atoms with Gasteiger partial charge >= 0.3 is 0 Å². The first kappa shape index (κ1) is 13.9. The van der Waals surface area contributed by atoms with Crippen LogP contribution < -0.4 is 5.32 Å². The number of anilines is 1. The molecule has 0 spiro atoms. The van der Waals surface area contributed by atoms with Crippen molar-refractivity contribution < 1.29 is 0 Å². The summed E-state index contributed by atoms with van der Waals surface area (Å²) in [5, 5.41) is 5.23. The molecule has 0 unspecified atom stereocenters. The zero-order valence-corrected chi connectivity index (χ0v) is 13.9. The summed E-state index contributed by atoms with van der Waals surface area (Å²) in [6.45, 7) is 2.78. The van der Waals surface area contributed by atoms with Gasteiger partial charge in [0.05, 0.1) is 20.0 Å². The lowest BCUT2D eigenvalue weighted by molar-refractivity contribution is 1.20. The van der Waals surface area contributed by atoms with Gasteiger partial charge in [0.15, 0.2) is 0 Å². The third-order valence-electron chi connectivity index (χ3n) is 3.10. The quantitative estimate of drug-likeness (QED) is 0.648. The Morgan fingerprint density at radius 3 is 2.95 bits per heavy atom. The van der Waals surface area contributed by atoms with E-state index in [9.17, 15) is 0 Å². The Kier molecular flexibility index (Phi) is 3.96. The van der Waals surface area contributed by atoms with Gasteiger partial charge in [0.25, 0.3) is 0 Å². The molecule has 5 heteroatoms. The van der Waals surface area contributed by atoms with Gasteiger partial charge in [-0.1, -0.05) is 11.6 Å². The number of pyridine rings is 1.